The lowest BCUT2D eigenvalue weighted by molar-refractivity contribution is 0.612. The fourth-order valence-corrected chi connectivity index (χ4v) is 1.86. The normalized spacial score (nSPS) is 12.5. The summed E-state index contributed by atoms with van der Waals surface area (Å²) in [5, 5.41) is 3.35. The van der Waals surface area contributed by atoms with Gasteiger partial charge < -0.3 is 11.1 Å². The van der Waals surface area contributed by atoms with Gasteiger partial charge in [-0.05, 0) is 38.0 Å². The molecule has 1 aromatic rings. The van der Waals surface area contributed by atoms with Crippen LogP contribution in [0.4, 0.5) is 15.8 Å². The number of hydrogen-bond acceptors (Lipinski definition) is 2. The van der Waals surface area contributed by atoms with E-state index in [-0.39, 0.29) is 5.82 Å². The maximum atomic E-state index is 13.2. The van der Waals surface area contributed by atoms with Gasteiger partial charge in [0.25, 0.3) is 0 Å². The molecule has 0 aliphatic heterocycles. The van der Waals surface area contributed by atoms with Crippen LogP contribution in [0.1, 0.15) is 45.1 Å². The van der Waals surface area contributed by atoms with Gasteiger partial charge in [0.1, 0.15) is 5.82 Å². The first-order valence-electron chi connectivity index (χ1n) is 6.36. The molecule has 1 unspecified atom stereocenters. The minimum atomic E-state index is -0.244. The lowest BCUT2D eigenvalue weighted by atomic mass is 10.1. The van der Waals surface area contributed by atoms with Crippen molar-refractivity contribution in [1.82, 2.24) is 0 Å². The van der Waals surface area contributed by atoms with Crippen LogP contribution < -0.4 is 11.1 Å². The Labute approximate surface area is 103 Å². The zero-order chi connectivity index (χ0) is 12.8. The second kappa shape index (κ2) is 6.48. The quantitative estimate of drug-likeness (QED) is 0.578. The lowest BCUT2D eigenvalue weighted by Crippen LogP contribution is -2.16. The van der Waals surface area contributed by atoms with Crippen LogP contribution in [0.25, 0.3) is 0 Å². The van der Waals surface area contributed by atoms with Gasteiger partial charge in [0.2, 0.25) is 0 Å². The van der Waals surface area contributed by atoms with Crippen LogP contribution in [0.2, 0.25) is 0 Å². The second-order valence-corrected chi connectivity index (χ2v) is 4.73. The van der Waals surface area contributed by atoms with Crippen LogP contribution >= 0.6 is 0 Å². The molecule has 0 radical (unpaired) electrons. The molecular weight excluding hydrogens is 215 g/mol. The highest BCUT2D eigenvalue weighted by Crippen LogP contribution is 2.23. The highest BCUT2D eigenvalue weighted by atomic mass is 19.1. The molecule has 0 spiro atoms. The number of halogens is 1. The van der Waals surface area contributed by atoms with Crippen molar-refractivity contribution in [3.05, 3.63) is 23.5 Å². The number of anilines is 2. The number of hydrogen-bond donors (Lipinski definition) is 2. The summed E-state index contributed by atoms with van der Waals surface area (Å²) in [7, 11) is 0. The Morgan fingerprint density at radius 1 is 1.35 bits per heavy atom. The molecule has 0 saturated heterocycles. The molecule has 1 atom stereocenters. The Morgan fingerprint density at radius 2 is 2.06 bits per heavy atom. The van der Waals surface area contributed by atoms with Crippen LogP contribution in [-0.2, 0) is 0 Å². The molecule has 3 N–H and O–H groups in total. The standard InChI is InChI=1S/C14H23FN2/c1-4-5-6-7-11(3)17-14-8-10(2)12(15)9-13(14)16/h8-9,11,17H,4-7,16H2,1-3H3. The van der Waals surface area contributed by atoms with E-state index < -0.39 is 0 Å². The summed E-state index contributed by atoms with van der Waals surface area (Å²) in [6.45, 7) is 6.08. The third-order valence-electron chi connectivity index (χ3n) is 2.97. The van der Waals surface area contributed by atoms with Crippen molar-refractivity contribution in [2.45, 2.75) is 52.5 Å². The van der Waals surface area contributed by atoms with Crippen LogP contribution in [0.15, 0.2) is 12.1 Å². The van der Waals surface area contributed by atoms with Crippen molar-refractivity contribution in [3.63, 3.8) is 0 Å². The maximum Gasteiger partial charge on any atom is 0.128 e. The molecule has 96 valence electrons. The summed E-state index contributed by atoms with van der Waals surface area (Å²) < 4.78 is 13.2. The molecule has 0 heterocycles. The van der Waals surface area contributed by atoms with E-state index in [1.54, 1.807) is 13.0 Å². The van der Waals surface area contributed by atoms with Gasteiger partial charge in [-0.25, -0.2) is 4.39 Å². The first-order chi connectivity index (χ1) is 8.04. The predicted octanol–water partition coefficient (Wildman–Crippen LogP) is 4.10. The summed E-state index contributed by atoms with van der Waals surface area (Å²) in [6, 6.07) is 3.53. The highest BCUT2D eigenvalue weighted by Gasteiger charge is 2.07. The fourth-order valence-electron chi connectivity index (χ4n) is 1.86. The third kappa shape index (κ3) is 4.25. The fraction of sp³-hybridized carbons (Fsp3) is 0.571. The highest BCUT2D eigenvalue weighted by molar-refractivity contribution is 5.67. The van der Waals surface area contributed by atoms with Gasteiger partial charge in [0, 0.05) is 6.04 Å². The molecule has 0 amide bonds. The molecule has 2 nitrogen and oxygen atoms in total. The van der Waals surface area contributed by atoms with E-state index in [9.17, 15) is 4.39 Å². The molecule has 0 bridgehead atoms. The Balaban J connectivity index is 2.58. The van der Waals surface area contributed by atoms with Gasteiger partial charge in [-0.2, -0.15) is 0 Å². The van der Waals surface area contributed by atoms with Gasteiger partial charge in [-0.3, -0.25) is 0 Å². The van der Waals surface area contributed by atoms with Gasteiger partial charge in [0.05, 0.1) is 11.4 Å². The molecule has 3 heteroatoms. The van der Waals surface area contributed by atoms with Crippen molar-refractivity contribution in [2.24, 2.45) is 0 Å². The minimum Gasteiger partial charge on any atom is -0.397 e. The van der Waals surface area contributed by atoms with Crippen molar-refractivity contribution in [1.29, 1.82) is 0 Å². The first kappa shape index (κ1) is 13.8. The number of nitrogen functional groups attached to an aromatic ring is 1. The minimum absolute atomic E-state index is 0.244. The molecule has 0 saturated carbocycles. The van der Waals surface area contributed by atoms with E-state index in [1.807, 2.05) is 0 Å². The van der Waals surface area contributed by atoms with Crippen LogP contribution in [0, 0.1) is 12.7 Å². The third-order valence-corrected chi connectivity index (χ3v) is 2.97. The number of rotatable bonds is 6. The average molecular weight is 238 g/mol. The van der Waals surface area contributed by atoms with Crippen molar-refractivity contribution >= 4 is 11.4 Å². The Bertz CT molecular complexity index is 363. The van der Waals surface area contributed by atoms with E-state index >= 15 is 0 Å². The molecule has 0 aliphatic carbocycles. The van der Waals surface area contributed by atoms with E-state index in [1.165, 1.54) is 25.3 Å². The summed E-state index contributed by atoms with van der Waals surface area (Å²) in [5.74, 6) is -0.244. The summed E-state index contributed by atoms with van der Waals surface area (Å²) in [5.41, 5.74) is 7.74. The molecule has 0 aliphatic rings. The Kier molecular flexibility index (Phi) is 5.26. The van der Waals surface area contributed by atoms with E-state index in [0.29, 0.717) is 17.3 Å². The van der Waals surface area contributed by atoms with Crippen molar-refractivity contribution in [2.75, 3.05) is 11.1 Å². The molecule has 0 fully saturated rings. The lowest BCUT2D eigenvalue weighted by Gasteiger charge is -2.17. The van der Waals surface area contributed by atoms with Crippen LogP contribution in [-0.4, -0.2) is 6.04 Å². The SMILES string of the molecule is CCCCCC(C)Nc1cc(C)c(F)cc1N. The second-order valence-electron chi connectivity index (χ2n) is 4.73. The number of nitrogens with two attached hydrogens (primary N) is 1. The van der Waals surface area contributed by atoms with Crippen molar-refractivity contribution in [3.8, 4) is 0 Å². The number of nitrogens with one attached hydrogen (secondary N) is 1. The van der Waals surface area contributed by atoms with Crippen molar-refractivity contribution < 1.29 is 4.39 Å². The van der Waals surface area contributed by atoms with Gasteiger partial charge in [0.15, 0.2) is 0 Å². The molecular formula is C14H23FN2. The monoisotopic (exact) mass is 238 g/mol. The smallest absolute Gasteiger partial charge is 0.128 e. The van der Waals surface area contributed by atoms with E-state index in [0.717, 1.165) is 12.1 Å². The average Bonchev–Trinajstić information content (AvgIpc) is 2.26. The summed E-state index contributed by atoms with van der Waals surface area (Å²) in [6.07, 6.45) is 4.81. The van der Waals surface area contributed by atoms with Gasteiger partial charge in [-0.15, -0.1) is 0 Å². The zero-order valence-corrected chi connectivity index (χ0v) is 11.0. The summed E-state index contributed by atoms with van der Waals surface area (Å²) in [4.78, 5) is 0. The maximum absolute atomic E-state index is 13.2. The Morgan fingerprint density at radius 3 is 2.71 bits per heavy atom. The summed E-state index contributed by atoms with van der Waals surface area (Å²) >= 11 is 0. The zero-order valence-electron chi connectivity index (χ0n) is 11.0. The van der Waals surface area contributed by atoms with E-state index in [2.05, 4.69) is 19.2 Å². The topological polar surface area (TPSA) is 38.0 Å². The molecule has 1 rings (SSSR count). The number of benzene rings is 1. The number of aryl methyl sites for hydroxylation is 1. The number of unbranched alkanes of at least 4 members (excludes halogenated alkanes) is 2. The van der Waals surface area contributed by atoms with Crippen LogP contribution in [0.5, 0.6) is 0 Å². The van der Waals surface area contributed by atoms with Gasteiger partial charge in [-0.1, -0.05) is 26.2 Å². The molecule has 0 aromatic heterocycles. The largest absolute Gasteiger partial charge is 0.397 e. The predicted molar refractivity (Wildman–Crippen MR) is 72.8 cm³/mol. The van der Waals surface area contributed by atoms with E-state index in [4.69, 9.17) is 5.73 Å². The van der Waals surface area contributed by atoms with Crippen LogP contribution in [0.3, 0.4) is 0 Å². The Hall–Kier alpha value is -1.25. The molecule has 1 aromatic carbocycles. The van der Waals surface area contributed by atoms with Gasteiger partial charge >= 0.3 is 0 Å². The molecule has 17 heavy (non-hydrogen) atoms. The first-order valence-corrected chi connectivity index (χ1v) is 6.36.